The third-order valence-corrected chi connectivity index (χ3v) is 9.50. The standard InChI is InChI=1S/C34H32BrClFN5O6/c1-18(25-11-10-24(16-28(25)37)47-19(2)31(38)43)39-32(44)30-29-17-40(33(45)20-3-12-26(35)27(36)15-20)13-14-41(29)34(46)42(30)21-4-6-22(7-5-21)48-23-8-9-23/h3-7,10-12,15-16,18-19,23H,8-9,13-14,17H2,1-2H3,(H2,38,43)(H,39,44)/t18-,19+/m0/s1. The Labute approximate surface area is 288 Å². The number of hydrogen-bond acceptors (Lipinski definition) is 6. The Morgan fingerprint density at radius 2 is 1.73 bits per heavy atom. The maximum absolute atomic E-state index is 15.2. The first kappa shape index (κ1) is 33.3. The number of benzene rings is 3. The van der Waals surface area contributed by atoms with E-state index in [2.05, 4.69) is 21.2 Å². The fraction of sp³-hybridized carbons (Fsp3) is 0.294. The van der Waals surface area contributed by atoms with Crippen molar-refractivity contribution in [2.24, 2.45) is 5.73 Å². The van der Waals surface area contributed by atoms with Gasteiger partial charge in [-0.15, -0.1) is 0 Å². The molecule has 2 atom stereocenters. The zero-order chi connectivity index (χ0) is 34.3. The van der Waals surface area contributed by atoms with E-state index in [1.807, 2.05) is 0 Å². The summed E-state index contributed by atoms with van der Waals surface area (Å²) in [4.78, 5) is 54.5. The molecule has 0 unspecified atom stereocenters. The summed E-state index contributed by atoms with van der Waals surface area (Å²) in [6, 6.07) is 14.9. The molecule has 14 heteroatoms. The molecule has 4 aromatic rings. The van der Waals surface area contributed by atoms with Crippen molar-refractivity contribution in [1.82, 2.24) is 19.4 Å². The Hall–Kier alpha value is -4.62. The molecule has 0 spiro atoms. The van der Waals surface area contributed by atoms with E-state index in [9.17, 15) is 19.2 Å². The average molecular weight is 741 g/mol. The second-order valence-electron chi connectivity index (χ2n) is 11.8. The molecule has 2 aliphatic rings. The number of amides is 3. The number of halogens is 3. The predicted molar refractivity (Wildman–Crippen MR) is 179 cm³/mol. The van der Waals surface area contributed by atoms with Gasteiger partial charge in [0.15, 0.2) is 6.10 Å². The van der Waals surface area contributed by atoms with Gasteiger partial charge in [0.25, 0.3) is 17.7 Å². The van der Waals surface area contributed by atoms with Gasteiger partial charge in [0, 0.05) is 34.8 Å². The first-order chi connectivity index (χ1) is 22.9. The fourth-order valence-electron chi connectivity index (χ4n) is 5.51. The molecule has 1 aromatic heterocycles. The second-order valence-corrected chi connectivity index (χ2v) is 13.0. The normalized spacial score (nSPS) is 15.3. The molecule has 48 heavy (non-hydrogen) atoms. The summed E-state index contributed by atoms with van der Waals surface area (Å²) in [6.45, 7) is 3.39. The van der Waals surface area contributed by atoms with Crippen LogP contribution < -0.4 is 26.2 Å². The van der Waals surface area contributed by atoms with Gasteiger partial charge < -0.3 is 25.4 Å². The van der Waals surface area contributed by atoms with Crippen LogP contribution in [-0.4, -0.2) is 50.5 Å². The van der Waals surface area contributed by atoms with Gasteiger partial charge >= 0.3 is 5.69 Å². The van der Waals surface area contributed by atoms with Gasteiger partial charge in [-0.05, 0) is 91.1 Å². The average Bonchev–Trinajstić information content (AvgIpc) is 3.83. The van der Waals surface area contributed by atoms with Crippen LogP contribution in [0.2, 0.25) is 5.02 Å². The number of ether oxygens (including phenoxy) is 2. The van der Waals surface area contributed by atoms with E-state index < -0.39 is 35.5 Å². The van der Waals surface area contributed by atoms with Gasteiger partial charge in [-0.1, -0.05) is 17.7 Å². The molecule has 1 saturated carbocycles. The van der Waals surface area contributed by atoms with E-state index in [4.69, 9.17) is 26.8 Å². The summed E-state index contributed by atoms with van der Waals surface area (Å²) in [6.07, 6.45) is 1.19. The maximum atomic E-state index is 15.2. The van der Waals surface area contributed by atoms with Crippen molar-refractivity contribution in [1.29, 1.82) is 0 Å². The summed E-state index contributed by atoms with van der Waals surface area (Å²) in [7, 11) is 0. The summed E-state index contributed by atoms with van der Waals surface area (Å²) in [5.41, 5.74) is 6.07. The van der Waals surface area contributed by atoms with Crippen LogP contribution in [-0.2, 0) is 17.9 Å². The van der Waals surface area contributed by atoms with E-state index >= 15 is 4.39 Å². The molecule has 11 nitrogen and oxygen atoms in total. The van der Waals surface area contributed by atoms with Crippen molar-refractivity contribution >= 4 is 45.3 Å². The number of aromatic nitrogens is 2. The lowest BCUT2D eigenvalue weighted by molar-refractivity contribution is -0.124. The quantitative estimate of drug-likeness (QED) is 0.231. The van der Waals surface area contributed by atoms with Crippen LogP contribution in [0.3, 0.4) is 0 Å². The Morgan fingerprint density at radius 3 is 2.38 bits per heavy atom. The van der Waals surface area contributed by atoms with Gasteiger partial charge in [-0.2, -0.15) is 0 Å². The predicted octanol–water partition coefficient (Wildman–Crippen LogP) is 5.13. The number of nitrogens with one attached hydrogen (secondary N) is 1. The Morgan fingerprint density at radius 1 is 1.02 bits per heavy atom. The maximum Gasteiger partial charge on any atom is 0.333 e. The number of hydrogen-bond donors (Lipinski definition) is 2. The van der Waals surface area contributed by atoms with Gasteiger partial charge in [0.05, 0.1) is 35.1 Å². The van der Waals surface area contributed by atoms with Crippen molar-refractivity contribution in [3.63, 3.8) is 0 Å². The van der Waals surface area contributed by atoms with E-state index in [1.165, 1.54) is 28.2 Å². The van der Waals surface area contributed by atoms with Crippen molar-refractivity contribution in [2.75, 3.05) is 6.54 Å². The molecule has 3 N–H and O–H groups in total. The van der Waals surface area contributed by atoms with Gasteiger partial charge in [-0.25, -0.2) is 9.18 Å². The number of primary amides is 1. The highest BCUT2D eigenvalue weighted by Gasteiger charge is 2.33. The number of imidazole rings is 1. The molecular weight excluding hydrogens is 709 g/mol. The topological polar surface area (TPSA) is 138 Å². The minimum absolute atomic E-state index is 0.0182. The van der Waals surface area contributed by atoms with Crippen molar-refractivity contribution in [2.45, 2.75) is 58.0 Å². The Kier molecular flexibility index (Phi) is 9.35. The molecule has 6 rings (SSSR count). The minimum atomic E-state index is -0.966. The van der Waals surface area contributed by atoms with Crippen LogP contribution >= 0.6 is 27.5 Å². The van der Waals surface area contributed by atoms with Gasteiger partial charge in [0.1, 0.15) is 23.0 Å². The molecular formula is C34H32BrClFN5O6. The number of fused-ring (bicyclic) bond motifs is 1. The number of carbonyl (C=O) groups excluding carboxylic acids is 3. The van der Waals surface area contributed by atoms with Crippen LogP contribution in [0.1, 0.15) is 64.8 Å². The van der Waals surface area contributed by atoms with Crippen molar-refractivity contribution in [3.05, 3.63) is 109 Å². The first-order valence-corrected chi connectivity index (χ1v) is 16.5. The largest absolute Gasteiger partial charge is 0.490 e. The van der Waals surface area contributed by atoms with Crippen LogP contribution in [0, 0.1) is 5.82 Å². The molecule has 2 heterocycles. The molecule has 250 valence electrons. The van der Waals surface area contributed by atoms with Crippen LogP contribution in [0.15, 0.2) is 69.9 Å². The lowest BCUT2D eigenvalue weighted by Crippen LogP contribution is -2.41. The zero-order valence-corrected chi connectivity index (χ0v) is 28.4. The van der Waals surface area contributed by atoms with Gasteiger partial charge in [-0.3, -0.25) is 23.5 Å². The summed E-state index contributed by atoms with van der Waals surface area (Å²) in [5.74, 6) is -1.59. The second kappa shape index (κ2) is 13.5. The number of carbonyl (C=O) groups is 3. The monoisotopic (exact) mass is 739 g/mol. The summed E-state index contributed by atoms with van der Waals surface area (Å²) in [5, 5.41) is 3.20. The van der Waals surface area contributed by atoms with Crippen LogP contribution in [0.25, 0.3) is 5.69 Å². The highest BCUT2D eigenvalue weighted by Crippen LogP contribution is 2.30. The fourth-order valence-corrected chi connectivity index (χ4v) is 5.93. The molecule has 0 bridgehead atoms. The number of nitrogens with two attached hydrogens (primary N) is 1. The van der Waals surface area contributed by atoms with E-state index in [-0.39, 0.29) is 48.7 Å². The molecule has 0 radical (unpaired) electrons. The highest BCUT2D eigenvalue weighted by atomic mass is 79.9. The lowest BCUT2D eigenvalue weighted by Gasteiger charge is -2.28. The third kappa shape index (κ3) is 6.83. The molecule has 3 amide bonds. The SMILES string of the molecule is C[C@H](NC(=O)c1c2n(c(=O)n1-c1ccc(OC3CC3)cc1)CCN(C(=O)c1ccc(Br)c(Cl)c1)C2)c1ccc(O[C@H](C)C(N)=O)cc1F. The van der Waals surface area contributed by atoms with E-state index in [1.54, 1.807) is 54.3 Å². The number of rotatable bonds is 10. The van der Waals surface area contributed by atoms with Crippen molar-refractivity contribution < 1.29 is 28.2 Å². The highest BCUT2D eigenvalue weighted by molar-refractivity contribution is 9.10. The molecule has 1 aliphatic heterocycles. The van der Waals surface area contributed by atoms with Crippen LogP contribution in [0.5, 0.6) is 11.5 Å². The Bertz CT molecular complexity index is 1980. The zero-order valence-electron chi connectivity index (χ0n) is 26.0. The molecule has 0 saturated heterocycles. The summed E-state index contributed by atoms with van der Waals surface area (Å²) < 4.78 is 29.9. The van der Waals surface area contributed by atoms with Crippen molar-refractivity contribution in [3.8, 4) is 17.2 Å². The Balaban J connectivity index is 1.33. The molecule has 1 aliphatic carbocycles. The smallest absolute Gasteiger partial charge is 0.333 e. The lowest BCUT2D eigenvalue weighted by atomic mass is 10.1. The summed E-state index contributed by atoms with van der Waals surface area (Å²) >= 11 is 9.59. The first-order valence-electron chi connectivity index (χ1n) is 15.3. The molecule has 3 aromatic carbocycles. The van der Waals surface area contributed by atoms with E-state index in [0.717, 1.165) is 18.9 Å². The van der Waals surface area contributed by atoms with Crippen LogP contribution in [0.4, 0.5) is 4.39 Å². The van der Waals surface area contributed by atoms with E-state index in [0.29, 0.717) is 32.2 Å². The minimum Gasteiger partial charge on any atom is -0.490 e. The third-order valence-electron chi connectivity index (χ3n) is 8.27. The molecule has 1 fully saturated rings. The van der Waals surface area contributed by atoms with Gasteiger partial charge in [0.2, 0.25) is 0 Å². The number of nitrogens with zero attached hydrogens (tertiary/aromatic N) is 3.